The molecule has 0 saturated heterocycles. The fourth-order valence-corrected chi connectivity index (χ4v) is 2.85. The van der Waals surface area contributed by atoms with Crippen molar-refractivity contribution in [3.05, 3.63) is 56.7 Å². The van der Waals surface area contributed by atoms with Crippen LogP contribution >= 0.6 is 11.6 Å². The Balaban J connectivity index is 2.35. The summed E-state index contributed by atoms with van der Waals surface area (Å²) in [5.41, 5.74) is -0.0107. The van der Waals surface area contributed by atoms with Gasteiger partial charge in [0, 0.05) is 11.8 Å². The third-order valence-electron chi connectivity index (χ3n) is 3.69. The number of fused-ring (bicyclic) bond motifs is 1. The summed E-state index contributed by atoms with van der Waals surface area (Å²) >= 11 is 5.75. The summed E-state index contributed by atoms with van der Waals surface area (Å²) in [6.45, 7) is 3.57. The molecule has 0 aliphatic heterocycles. The highest BCUT2D eigenvalue weighted by molar-refractivity contribution is 6.31. The van der Waals surface area contributed by atoms with Crippen molar-refractivity contribution in [2.24, 2.45) is 0 Å². The molecule has 1 aromatic carbocycles. The zero-order valence-electron chi connectivity index (χ0n) is 12.8. The molecule has 8 heteroatoms. The lowest BCUT2D eigenvalue weighted by Crippen LogP contribution is -2.15. The number of carboxylic acids is 1. The average Bonchev–Trinajstić information content (AvgIpc) is 2.90. The van der Waals surface area contributed by atoms with Crippen molar-refractivity contribution >= 4 is 23.1 Å². The molecule has 0 aliphatic carbocycles. The Morgan fingerprint density at radius 1 is 1.42 bits per heavy atom. The van der Waals surface area contributed by atoms with E-state index in [2.05, 4.69) is 10.1 Å². The molecule has 2 aromatic heterocycles. The highest BCUT2D eigenvalue weighted by Crippen LogP contribution is 2.27. The number of H-pyrrole nitrogens is 1. The highest BCUT2D eigenvalue weighted by Gasteiger charge is 2.23. The van der Waals surface area contributed by atoms with Crippen LogP contribution in [0.4, 0.5) is 4.39 Å². The van der Waals surface area contributed by atoms with E-state index in [1.807, 2.05) is 0 Å². The van der Waals surface area contributed by atoms with Crippen LogP contribution < -0.4 is 5.56 Å². The van der Waals surface area contributed by atoms with Gasteiger partial charge in [-0.15, -0.1) is 5.10 Å². The number of halogens is 2. The number of carboxylic acid groups (broad SMARTS) is 1. The van der Waals surface area contributed by atoms with Crippen LogP contribution in [0.1, 0.15) is 35.7 Å². The van der Waals surface area contributed by atoms with Crippen LogP contribution in [0.3, 0.4) is 0 Å². The topological polar surface area (TPSA) is 87.5 Å². The molecule has 0 saturated carbocycles. The summed E-state index contributed by atoms with van der Waals surface area (Å²) in [6.07, 6.45) is 1.26. The largest absolute Gasteiger partial charge is 0.478 e. The van der Waals surface area contributed by atoms with Crippen molar-refractivity contribution in [1.82, 2.24) is 14.6 Å². The number of benzene rings is 1. The second kappa shape index (κ2) is 5.76. The molecule has 2 heterocycles. The summed E-state index contributed by atoms with van der Waals surface area (Å²) < 4.78 is 15.3. The molecule has 0 aliphatic rings. The number of aromatic carboxylic acids is 1. The average molecular weight is 350 g/mol. The first-order chi connectivity index (χ1) is 11.3. The fourth-order valence-electron chi connectivity index (χ4n) is 2.67. The maximum atomic E-state index is 14.2. The van der Waals surface area contributed by atoms with Crippen LogP contribution in [0.2, 0.25) is 5.02 Å². The summed E-state index contributed by atoms with van der Waals surface area (Å²) in [6, 6.07) is 4.34. The number of aromatic nitrogens is 3. The van der Waals surface area contributed by atoms with Crippen LogP contribution in [0, 0.1) is 5.82 Å². The third kappa shape index (κ3) is 2.46. The maximum absolute atomic E-state index is 14.2. The van der Waals surface area contributed by atoms with E-state index in [9.17, 15) is 19.1 Å². The third-order valence-corrected chi connectivity index (χ3v) is 3.99. The van der Waals surface area contributed by atoms with Crippen molar-refractivity contribution in [3.8, 4) is 11.4 Å². The van der Waals surface area contributed by atoms with Gasteiger partial charge in [0.15, 0.2) is 11.6 Å². The Morgan fingerprint density at radius 2 is 2.12 bits per heavy atom. The van der Waals surface area contributed by atoms with Crippen molar-refractivity contribution in [2.75, 3.05) is 0 Å². The Labute approximate surface area is 140 Å². The van der Waals surface area contributed by atoms with Gasteiger partial charge in [0.1, 0.15) is 5.52 Å². The van der Waals surface area contributed by atoms with Crippen LogP contribution in [0.15, 0.2) is 29.2 Å². The number of carbonyl (C=O) groups is 1. The smallest absolute Gasteiger partial charge is 0.337 e. The zero-order chi connectivity index (χ0) is 17.6. The first-order valence-corrected chi connectivity index (χ1v) is 7.52. The Morgan fingerprint density at radius 3 is 2.75 bits per heavy atom. The van der Waals surface area contributed by atoms with Crippen LogP contribution in [-0.2, 0) is 0 Å². The van der Waals surface area contributed by atoms with Gasteiger partial charge in [0.05, 0.1) is 16.1 Å². The van der Waals surface area contributed by atoms with E-state index in [0.29, 0.717) is 5.56 Å². The molecule has 2 N–H and O–H groups in total. The second-order valence-corrected chi connectivity index (χ2v) is 6.02. The Bertz CT molecular complexity index is 1020. The molecule has 0 bridgehead atoms. The van der Waals surface area contributed by atoms with Crippen molar-refractivity contribution < 1.29 is 14.3 Å². The summed E-state index contributed by atoms with van der Waals surface area (Å²) in [4.78, 5) is 26.4. The molecule has 0 amide bonds. The SMILES string of the molecule is CC(C)c1c(C(=O)O)cn2nc(-c3cccc(Cl)c3F)[nH]c(=O)c12. The molecule has 124 valence electrons. The number of nitrogens with zero attached hydrogens (tertiary/aromatic N) is 2. The minimum Gasteiger partial charge on any atom is -0.478 e. The van der Waals surface area contributed by atoms with E-state index >= 15 is 0 Å². The molecule has 24 heavy (non-hydrogen) atoms. The lowest BCUT2D eigenvalue weighted by atomic mass is 10.0. The van der Waals surface area contributed by atoms with Gasteiger partial charge in [-0.3, -0.25) is 4.79 Å². The molecule has 0 unspecified atom stereocenters. The van der Waals surface area contributed by atoms with Gasteiger partial charge in [0.25, 0.3) is 5.56 Å². The molecular formula is C16H13ClFN3O3. The number of rotatable bonds is 3. The van der Waals surface area contributed by atoms with Gasteiger partial charge >= 0.3 is 5.97 Å². The molecule has 0 fully saturated rings. The van der Waals surface area contributed by atoms with Gasteiger partial charge in [-0.1, -0.05) is 31.5 Å². The van der Waals surface area contributed by atoms with Crippen LogP contribution in [0.5, 0.6) is 0 Å². The first-order valence-electron chi connectivity index (χ1n) is 7.14. The minimum absolute atomic E-state index is 0.00767. The number of hydrogen-bond acceptors (Lipinski definition) is 3. The van der Waals surface area contributed by atoms with E-state index in [1.165, 1.54) is 28.9 Å². The highest BCUT2D eigenvalue weighted by atomic mass is 35.5. The van der Waals surface area contributed by atoms with E-state index in [4.69, 9.17) is 11.6 Å². The van der Waals surface area contributed by atoms with E-state index < -0.39 is 17.3 Å². The van der Waals surface area contributed by atoms with Gasteiger partial charge in [0.2, 0.25) is 0 Å². The lowest BCUT2D eigenvalue weighted by Gasteiger charge is -2.07. The predicted octanol–water partition coefficient (Wildman–Crippen LogP) is 3.30. The lowest BCUT2D eigenvalue weighted by molar-refractivity contribution is 0.0695. The predicted molar refractivity (Wildman–Crippen MR) is 87.3 cm³/mol. The van der Waals surface area contributed by atoms with Crippen LogP contribution in [-0.4, -0.2) is 25.7 Å². The first kappa shape index (κ1) is 16.2. The van der Waals surface area contributed by atoms with Gasteiger partial charge in [-0.25, -0.2) is 13.7 Å². The van der Waals surface area contributed by atoms with Crippen molar-refractivity contribution in [1.29, 1.82) is 0 Å². The second-order valence-electron chi connectivity index (χ2n) is 5.61. The monoisotopic (exact) mass is 349 g/mol. The number of aromatic amines is 1. The van der Waals surface area contributed by atoms with Gasteiger partial charge in [-0.05, 0) is 18.1 Å². The van der Waals surface area contributed by atoms with E-state index in [0.717, 1.165) is 0 Å². The van der Waals surface area contributed by atoms with Crippen LogP contribution in [0.25, 0.3) is 16.9 Å². The Hall–Kier alpha value is -2.67. The molecule has 6 nitrogen and oxygen atoms in total. The van der Waals surface area contributed by atoms with Crippen molar-refractivity contribution in [2.45, 2.75) is 19.8 Å². The molecular weight excluding hydrogens is 337 g/mol. The molecule has 3 aromatic rings. The summed E-state index contributed by atoms with van der Waals surface area (Å²) in [7, 11) is 0. The fraction of sp³-hybridized carbons (Fsp3) is 0.188. The summed E-state index contributed by atoms with van der Waals surface area (Å²) in [5.74, 6) is -2.09. The molecule has 0 radical (unpaired) electrons. The standard InChI is InChI=1S/C16H13ClFN3O3/c1-7(2)11-9(16(23)24)6-21-13(11)15(22)19-14(20-21)8-4-3-5-10(17)12(8)18/h3-7H,1-2H3,(H,23,24)(H,19,20,22). The molecule has 0 atom stereocenters. The zero-order valence-corrected chi connectivity index (χ0v) is 13.6. The molecule has 0 spiro atoms. The molecule has 3 rings (SSSR count). The van der Waals surface area contributed by atoms with Crippen molar-refractivity contribution in [3.63, 3.8) is 0 Å². The maximum Gasteiger partial charge on any atom is 0.337 e. The normalized spacial score (nSPS) is 11.4. The number of hydrogen-bond donors (Lipinski definition) is 2. The van der Waals surface area contributed by atoms with E-state index in [-0.39, 0.29) is 33.4 Å². The number of nitrogens with one attached hydrogen (secondary N) is 1. The summed E-state index contributed by atoms with van der Waals surface area (Å²) in [5, 5.41) is 13.4. The van der Waals surface area contributed by atoms with Gasteiger partial charge < -0.3 is 10.1 Å². The van der Waals surface area contributed by atoms with E-state index in [1.54, 1.807) is 13.8 Å². The minimum atomic E-state index is -1.15. The van der Waals surface area contributed by atoms with Gasteiger partial charge in [-0.2, -0.15) is 0 Å². The quantitative estimate of drug-likeness (QED) is 0.759. The Kier molecular flexibility index (Phi) is 3.88.